The standard InChI is InChI=1S/C31H33N5O5/c1-19-28(20(2)36(33-19)22-8-4-3-5-9-22)31(40)34-15-7-6-10-23(34)18-41-24-11-12-25-21(16-24)17-35(30(25)39)26-13-14-27(37)32-29(26)38/h3-5,8-9,11-12,16,23,26H,6-7,10,13-15,17-18H2,1-2H3,(H,32,37,38). The third-order valence-electron chi connectivity index (χ3n) is 8.33. The van der Waals surface area contributed by atoms with Gasteiger partial charge in [-0.3, -0.25) is 24.5 Å². The third-order valence-corrected chi connectivity index (χ3v) is 8.33. The van der Waals surface area contributed by atoms with Gasteiger partial charge in [0.05, 0.1) is 28.7 Å². The number of amides is 4. The van der Waals surface area contributed by atoms with Gasteiger partial charge in [-0.1, -0.05) is 18.2 Å². The second kappa shape index (κ2) is 10.8. The van der Waals surface area contributed by atoms with Gasteiger partial charge in [-0.25, -0.2) is 4.68 Å². The molecule has 1 N–H and O–H groups in total. The predicted octanol–water partition coefficient (Wildman–Crippen LogP) is 3.32. The molecule has 2 atom stereocenters. The Labute approximate surface area is 238 Å². The highest BCUT2D eigenvalue weighted by Gasteiger charge is 2.39. The van der Waals surface area contributed by atoms with Crippen molar-refractivity contribution in [3.63, 3.8) is 0 Å². The minimum absolute atomic E-state index is 0.0325. The number of piperidine rings is 2. The summed E-state index contributed by atoms with van der Waals surface area (Å²) in [5.41, 5.74) is 4.38. The van der Waals surface area contributed by atoms with Gasteiger partial charge in [0.25, 0.3) is 11.8 Å². The van der Waals surface area contributed by atoms with Gasteiger partial charge >= 0.3 is 0 Å². The van der Waals surface area contributed by atoms with Crippen molar-refractivity contribution in [2.75, 3.05) is 13.2 Å². The lowest BCUT2D eigenvalue weighted by atomic mass is 10.0. The van der Waals surface area contributed by atoms with Crippen molar-refractivity contribution >= 4 is 23.6 Å². The molecule has 2 aromatic carbocycles. The van der Waals surface area contributed by atoms with Gasteiger partial charge in [0.15, 0.2) is 0 Å². The number of aromatic nitrogens is 2. The topological polar surface area (TPSA) is 114 Å². The maximum absolute atomic E-state index is 13.9. The van der Waals surface area contributed by atoms with Crippen LogP contribution >= 0.6 is 0 Å². The summed E-state index contributed by atoms with van der Waals surface area (Å²) in [6.07, 6.45) is 3.32. The van der Waals surface area contributed by atoms with E-state index in [0.717, 1.165) is 36.2 Å². The van der Waals surface area contributed by atoms with E-state index in [1.807, 2.05) is 59.8 Å². The number of fused-ring (bicyclic) bond motifs is 1. The van der Waals surface area contributed by atoms with Crippen LogP contribution < -0.4 is 10.1 Å². The van der Waals surface area contributed by atoms with E-state index in [0.29, 0.717) is 42.1 Å². The van der Waals surface area contributed by atoms with Crippen molar-refractivity contribution in [3.8, 4) is 11.4 Å². The first kappa shape index (κ1) is 26.7. The molecule has 1 aromatic heterocycles. The molecule has 3 aromatic rings. The average Bonchev–Trinajstić information content (AvgIpc) is 3.46. The van der Waals surface area contributed by atoms with Crippen LogP contribution in [0.25, 0.3) is 5.69 Å². The lowest BCUT2D eigenvalue weighted by Crippen LogP contribution is -2.52. The summed E-state index contributed by atoms with van der Waals surface area (Å²) in [4.78, 5) is 54.2. The Morgan fingerprint density at radius 3 is 2.63 bits per heavy atom. The molecule has 0 saturated carbocycles. The number of nitrogens with one attached hydrogen (secondary N) is 1. The van der Waals surface area contributed by atoms with E-state index in [1.165, 1.54) is 4.90 Å². The van der Waals surface area contributed by atoms with E-state index in [4.69, 9.17) is 4.74 Å². The fourth-order valence-corrected chi connectivity index (χ4v) is 6.19. The van der Waals surface area contributed by atoms with E-state index >= 15 is 0 Å². The Bertz CT molecular complexity index is 1530. The summed E-state index contributed by atoms with van der Waals surface area (Å²) in [6.45, 7) is 5.08. The number of carbonyl (C=O) groups excluding carboxylic acids is 4. The van der Waals surface area contributed by atoms with Crippen LogP contribution in [0, 0.1) is 13.8 Å². The van der Waals surface area contributed by atoms with E-state index in [-0.39, 0.29) is 36.7 Å². The molecule has 10 heteroatoms. The SMILES string of the molecule is Cc1nn(-c2ccccc2)c(C)c1C(=O)N1CCCCC1COc1ccc2c(c1)CN(C1CCC(=O)NC1=O)C2=O. The first-order valence-corrected chi connectivity index (χ1v) is 14.1. The summed E-state index contributed by atoms with van der Waals surface area (Å²) in [7, 11) is 0. The molecule has 4 amide bonds. The molecule has 41 heavy (non-hydrogen) atoms. The number of hydrogen-bond donors (Lipinski definition) is 1. The fourth-order valence-electron chi connectivity index (χ4n) is 6.19. The smallest absolute Gasteiger partial charge is 0.257 e. The van der Waals surface area contributed by atoms with Crippen LogP contribution in [0.2, 0.25) is 0 Å². The zero-order chi connectivity index (χ0) is 28.7. The number of hydrogen-bond acceptors (Lipinski definition) is 6. The number of carbonyl (C=O) groups is 4. The molecule has 6 rings (SSSR count). The monoisotopic (exact) mass is 555 g/mol. The molecule has 2 saturated heterocycles. The number of imide groups is 1. The molecular weight excluding hydrogens is 522 g/mol. The summed E-state index contributed by atoms with van der Waals surface area (Å²) in [6, 6.07) is 14.4. The molecule has 0 radical (unpaired) electrons. The van der Waals surface area contributed by atoms with Gasteiger partial charge in [0.1, 0.15) is 18.4 Å². The molecule has 2 unspecified atom stereocenters. The van der Waals surface area contributed by atoms with Crippen LogP contribution in [-0.4, -0.2) is 68.4 Å². The number of aryl methyl sites for hydroxylation is 1. The lowest BCUT2D eigenvalue weighted by molar-refractivity contribution is -0.136. The number of ether oxygens (including phenoxy) is 1. The van der Waals surface area contributed by atoms with Crippen molar-refractivity contribution in [2.24, 2.45) is 0 Å². The maximum Gasteiger partial charge on any atom is 0.257 e. The number of benzene rings is 2. The van der Waals surface area contributed by atoms with Crippen molar-refractivity contribution in [1.82, 2.24) is 24.9 Å². The second-order valence-electron chi connectivity index (χ2n) is 11.0. The number of para-hydroxylation sites is 1. The summed E-state index contributed by atoms with van der Waals surface area (Å²) < 4.78 is 8.03. The van der Waals surface area contributed by atoms with Crippen LogP contribution in [-0.2, 0) is 16.1 Å². The van der Waals surface area contributed by atoms with Crippen molar-refractivity contribution in [3.05, 3.63) is 76.6 Å². The molecule has 212 valence electrons. The Kier molecular flexibility index (Phi) is 7.07. The van der Waals surface area contributed by atoms with E-state index in [2.05, 4.69) is 10.4 Å². The van der Waals surface area contributed by atoms with E-state index in [9.17, 15) is 19.2 Å². The van der Waals surface area contributed by atoms with Gasteiger partial charge in [0, 0.05) is 25.1 Å². The third kappa shape index (κ3) is 4.98. The minimum Gasteiger partial charge on any atom is -0.491 e. The van der Waals surface area contributed by atoms with E-state index < -0.39 is 11.9 Å². The minimum atomic E-state index is -0.656. The number of rotatable bonds is 6. The second-order valence-corrected chi connectivity index (χ2v) is 11.0. The van der Waals surface area contributed by atoms with Gasteiger partial charge in [-0.05, 0) is 75.4 Å². The van der Waals surface area contributed by atoms with E-state index in [1.54, 1.807) is 12.1 Å². The maximum atomic E-state index is 13.9. The molecular formula is C31H33N5O5. The largest absolute Gasteiger partial charge is 0.491 e. The Hall–Kier alpha value is -4.47. The highest BCUT2D eigenvalue weighted by atomic mass is 16.5. The van der Waals surface area contributed by atoms with Crippen molar-refractivity contribution < 1.29 is 23.9 Å². The molecule has 4 heterocycles. The quantitative estimate of drug-likeness (QED) is 0.467. The zero-order valence-corrected chi connectivity index (χ0v) is 23.3. The molecule has 3 aliphatic heterocycles. The zero-order valence-electron chi connectivity index (χ0n) is 23.3. The van der Waals surface area contributed by atoms with Gasteiger partial charge in [-0.15, -0.1) is 0 Å². The summed E-state index contributed by atoms with van der Waals surface area (Å²) in [5.74, 6) is -0.372. The first-order chi connectivity index (χ1) is 19.8. The van der Waals surface area contributed by atoms with Crippen LogP contribution in [0.4, 0.5) is 0 Å². The lowest BCUT2D eigenvalue weighted by Gasteiger charge is -2.35. The van der Waals surface area contributed by atoms with Crippen LogP contribution in [0.5, 0.6) is 5.75 Å². The molecule has 10 nitrogen and oxygen atoms in total. The molecule has 0 spiro atoms. The molecule has 2 fully saturated rings. The summed E-state index contributed by atoms with van der Waals surface area (Å²) in [5, 5.41) is 7.00. The van der Waals surface area contributed by atoms with Gasteiger partial charge in [0.2, 0.25) is 11.8 Å². The predicted molar refractivity (Wildman–Crippen MR) is 150 cm³/mol. The Balaban J connectivity index is 1.15. The van der Waals surface area contributed by atoms with Crippen LogP contribution in [0.15, 0.2) is 48.5 Å². The van der Waals surface area contributed by atoms with Crippen LogP contribution in [0.1, 0.15) is 69.8 Å². The molecule has 3 aliphatic rings. The van der Waals surface area contributed by atoms with Crippen LogP contribution in [0.3, 0.4) is 0 Å². The molecule has 0 bridgehead atoms. The number of likely N-dealkylation sites (tertiary alicyclic amines) is 1. The normalized spacial score (nSPS) is 20.7. The van der Waals surface area contributed by atoms with Crippen molar-refractivity contribution in [1.29, 1.82) is 0 Å². The Morgan fingerprint density at radius 2 is 1.85 bits per heavy atom. The first-order valence-electron chi connectivity index (χ1n) is 14.1. The molecule has 0 aliphatic carbocycles. The average molecular weight is 556 g/mol. The summed E-state index contributed by atoms with van der Waals surface area (Å²) >= 11 is 0. The Morgan fingerprint density at radius 1 is 1.05 bits per heavy atom. The fraction of sp³-hybridized carbons (Fsp3) is 0.387. The number of nitrogens with zero attached hydrogens (tertiary/aromatic N) is 4. The highest BCUT2D eigenvalue weighted by molar-refractivity contribution is 6.05. The highest BCUT2D eigenvalue weighted by Crippen LogP contribution is 2.31. The van der Waals surface area contributed by atoms with Gasteiger partial charge in [-0.2, -0.15) is 5.10 Å². The van der Waals surface area contributed by atoms with Gasteiger partial charge < -0.3 is 14.5 Å². The van der Waals surface area contributed by atoms with Crippen molar-refractivity contribution in [2.45, 2.75) is 64.6 Å².